The summed E-state index contributed by atoms with van der Waals surface area (Å²) in [6, 6.07) is 6.02. The number of hydrogen-bond acceptors (Lipinski definition) is 4. The van der Waals surface area contributed by atoms with Crippen molar-refractivity contribution >= 4 is 27.8 Å². The van der Waals surface area contributed by atoms with E-state index in [4.69, 9.17) is 14.6 Å². The van der Waals surface area contributed by atoms with Crippen LogP contribution in [0, 0.1) is 0 Å². The summed E-state index contributed by atoms with van der Waals surface area (Å²) in [5.74, 6) is -1.05. The van der Waals surface area contributed by atoms with Crippen molar-refractivity contribution in [1.82, 2.24) is 5.32 Å². The van der Waals surface area contributed by atoms with Gasteiger partial charge in [-0.15, -0.1) is 0 Å². The number of halogens is 1. The van der Waals surface area contributed by atoms with E-state index in [0.717, 1.165) is 4.47 Å². The van der Waals surface area contributed by atoms with Crippen molar-refractivity contribution in [3.63, 3.8) is 0 Å². The SMILES string of the molecule is COCCC(NC(=O)C(C)Oc1ccc(Br)cc1)C(=O)O. The fourth-order valence-electron chi connectivity index (χ4n) is 1.55. The number of nitrogens with one attached hydrogen (secondary N) is 1. The van der Waals surface area contributed by atoms with Crippen LogP contribution in [0.2, 0.25) is 0 Å². The summed E-state index contributed by atoms with van der Waals surface area (Å²) in [5.41, 5.74) is 0. The molecule has 7 heteroatoms. The van der Waals surface area contributed by atoms with Crippen LogP contribution < -0.4 is 10.1 Å². The first kappa shape index (κ1) is 17.5. The summed E-state index contributed by atoms with van der Waals surface area (Å²) in [4.78, 5) is 23.0. The number of carbonyl (C=O) groups is 2. The van der Waals surface area contributed by atoms with Crippen LogP contribution in [0.4, 0.5) is 0 Å². The molecule has 0 heterocycles. The van der Waals surface area contributed by atoms with Gasteiger partial charge in [-0.05, 0) is 31.2 Å². The second kappa shape index (κ2) is 8.63. The lowest BCUT2D eigenvalue weighted by molar-refractivity contribution is -0.143. The maximum absolute atomic E-state index is 11.9. The topological polar surface area (TPSA) is 84.9 Å². The Bertz CT molecular complexity index is 477. The largest absolute Gasteiger partial charge is 0.481 e. The predicted octanol–water partition coefficient (Wildman–Crippen LogP) is 1.82. The first-order valence-electron chi connectivity index (χ1n) is 6.38. The van der Waals surface area contributed by atoms with E-state index in [0.29, 0.717) is 5.75 Å². The third-order valence-electron chi connectivity index (χ3n) is 2.72. The Kier molecular flexibility index (Phi) is 7.18. The smallest absolute Gasteiger partial charge is 0.326 e. The minimum Gasteiger partial charge on any atom is -0.481 e. The Hall–Kier alpha value is -1.60. The Labute approximate surface area is 131 Å². The van der Waals surface area contributed by atoms with Gasteiger partial charge in [-0.25, -0.2) is 4.79 Å². The van der Waals surface area contributed by atoms with Crippen LogP contribution in [0.25, 0.3) is 0 Å². The molecule has 1 rings (SSSR count). The van der Waals surface area contributed by atoms with Crippen molar-refractivity contribution < 1.29 is 24.2 Å². The minimum absolute atomic E-state index is 0.197. The fourth-order valence-corrected chi connectivity index (χ4v) is 1.82. The van der Waals surface area contributed by atoms with Gasteiger partial charge >= 0.3 is 5.97 Å². The molecule has 2 atom stereocenters. The number of ether oxygens (including phenoxy) is 2. The standard InChI is InChI=1S/C14H18BrNO5/c1-9(21-11-5-3-10(15)4-6-11)13(17)16-12(14(18)19)7-8-20-2/h3-6,9,12H,7-8H2,1-2H3,(H,16,17)(H,18,19). The molecule has 2 unspecified atom stereocenters. The molecule has 0 saturated carbocycles. The highest BCUT2D eigenvalue weighted by Gasteiger charge is 2.23. The van der Waals surface area contributed by atoms with Gasteiger partial charge in [0, 0.05) is 24.6 Å². The van der Waals surface area contributed by atoms with E-state index >= 15 is 0 Å². The maximum Gasteiger partial charge on any atom is 0.326 e. The van der Waals surface area contributed by atoms with Crippen molar-refractivity contribution in [3.05, 3.63) is 28.7 Å². The molecule has 1 aromatic carbocycles. The number of carboxylic acids is 1. The third-order valence-corrected chi connectivity index (χ3v) is 3.25. The average Bonchev–Trinajstić information content (AvgIpc) is 2.45. The molecule has 0 aromatic heterocycles. The molecule has 2 N–H and O–H groups in total. The van der Waals surface area contributed by atoms with Crippen LogP contribution in [-0.4, -0.2) is 42.8 Å². The minimum atomic E-state index is -1.10. The van der Waals surface area contributed by atoms with Crippen LogP contribution in [0.3, 0.4) is 0 Å². The number of amides is 1. The Morgan fingerprint density at radius 1 is 1.33 bits per heavy atom. The van der Waals surface area contributed by atoms with Gasteiger partial charge in [0.05, 0.1) is 0 Å². The van der Waals surface area contributed by atoms with Gasteiger partial charge in [0.2, 0.25) is 0 Å². The summed E-state index contributed by atoms with van der Waals surface area (Å²) in [7, 11) is 1.47. The maximum atomic E-state index is 11.9. The van der Waals surface area contributed by atoms with E-state index in [1.807, 2.05) is 0 Å². The number of benzene rings is 1. The summed E-state index contributed by atoms with van der Waals surface area (Å²) >= 11 is 3.30. The molecule has 0 saturated heterocycles. The molecule has 0 fully saturated rings. The first-order chi connectivity index (χ1) is 9.93. The number of rotatable bonds is 8. The van der Waals surface area contributed by atoms with E-state index in [2.05, 4.69) is 21.2 Å². The lowest BCUT2D eigenvalue weighted by Crippen LogP contribution is -2.46. The molecule has 0 aliphatic rings. The Morgan fingerprint density at radius 2 is 1.95 bits per heavy atom. The van der Waals surface area contributed by atoms with Crippen molar-refractivity contribution in [3.8, 4) is 5.75 Å². The molecule has 0 aliphatic carbocycles. The quantitative estimate of drug-likeness (QED) is 0.739. The van der Waals surface area contributed by atoms with Gasteiger partial charge in [0.15, 0.2) is 6.10 Å². The summed E-state index contributed by atoms with van der Waals surface area (Å²) in [5, 5.41) is 11.5. The zero-order valence-electron chi connectivity index (χ0n) is 11.8. The monoisotopic (exact) mass is 359 g/mol. The van der Waals surface area contributed by atoms with Gasteiger partial charge in [-0.2, -0.15) is 0 Å². The van der Waals surface area contributed by atoms with Crippen molar-refractivity contribution in [2.24, 2.45) is 0 Å². The van der Waals surface area contributed by atoms with Gasteiger partial charge in [-0.1, -0.05) is 15.9 Å². The molecule has 0 radical (unpaired) electrons. The van der Waals surface area contributed by atoms with E-state index in [1.165, 1.54) is 7.11 Å². The van der Waals surface area contributed by atoms with E-state index in [1.54, 1.807) is 31.2 Å². The lowest BCUT2D eigenvalue weighted by Gasteiger charge is -2.18. The van der Waals surface area contributed by atoms with Gasteiger partial charge in [-0.3, -0.25) is 4.79 Å². The van der Waals surface area contributed by atoms with Crippen LogP contribution in [0.15, 0.2) is 28.7 Å². The second-order valence-electron chi connectivity index (χ2n) is 4.39. The molecule has 0 bridgehead atoms. The van der Waals surface area contributed by atoms with Gasteiger partial charge in [0.1, 0.15) is 11.8 Å². The third kappa shape index (κ3) is 6.14. The second-order valence-corrected chi connectivity index (χ2v) is 5.31. The van der Waals surface area contributed by atoms with Crippen LogP contribution in [0.5, 0.6) is 5.75 Å². The number of hydrogen-bond donors (Lipinski definition) is 2. The zero-order chi connectivity index (χ0) is 15.8. The van der Waals surface area contributed by atoms with Crippen molar-refractivity contribution in [1.29, 1.82) is 0 Å². The van der Waals surface area contributed by atoms with Gasteiger partial charge in [0.25, 0.3) is 5.91 Å². The van der Waals surface area contributed by atoms with E-state index in [-0.39, 0.29) is 13.0 Å². The van der Waals surface area contributed by atoms with Crippen molar-refractivity contribution in [2.45, 2.75) is 25.5 Å². The number of carboxylic acid groups (broad SMARTS) is 1. The predicted molar refractivity (Wildman–Crippen MR) is 80.3 cm³/mol. The normalized spacial score (nSPS) is 13.3. The van der Waals surface area contributed by atoms with Crippen LogP contribution in [-0.2, 0) is 14.3 Å². The highest BCUT2D eigenvalue weighted by Crippen LogP contribution is 2.17. The molecule has 0 aliphatic heterocycles. The molecule has 1 amide bonds. The molecule has 1 aromatic rings. The molecular formula is C14H18BrNO5. The van der Waals surface area contributed by atoms with E-state index in [9.17, 15) is 9.59 Å². The zero-order valence-corrected chi connectivity index (χ0v) is 13.4. The van der Waals surface area contributed by atoms with E-state index < -0.39 is 24.0 Å². The lowest BCUT2D eigenvalue weighted by atomic mass is 10.2. The molecule has 116 valence electrons. The van der Waals surface area contributed by atoms with Crippen LogP contribution >= 0.6 is 15.9 Å². The molecule has 0 spiro atoms. The number of carbonyl (C=O) groups excluding carboxylic acids is 1. The van der Waals surface area contributed by atoms with Crippen LogP contribution in [0.1, 0.15) is 13.3 Å². The summed E-state index contributed by atoms with van der Waals surface area (Å²) in [6.45, 7) is 1.81. The average molecular weight is 360 g/mol. The molecule has 21 heavy (non-hydrogen) atoms. The highest BCUT2D eigenvalue weighted by molar-refractivity contribution is 9.10. The summed E-state index contributed by atoms with van der Waals surface area (Å²) in [6.07, 6.45) is -0.599. The Morgan fingerprint density at radius 3 is 2.48 bits per heavy atom. The highest BCUT2D eigenvalue weighted by atomic mass is 79.9. The molecule has 6 nitrogen and oxygen atoms in total. The molecular weight excluding hydrogens is 342 g/mol. The fraction of sp³-hybridized carbons (Fsp3) is 0.429. The van der Waals surface area contributed by atoms with Crippen molar-refractivity contribution in [2.75, 3.05) is 13.7 Å². The number of methoxy groups -OCH3 is 1. The number of aliphatic carboxylic acids is 1. The summed E-state index contributed by atoms with van der Waals surface area (Å²) < 4.78 is 11.2. The Balaban J connectivity index is 2.56. The first-order valence-corrected chi connectivity index (χ1v) is 7.17. The van der Waals surface area contributed by atoms with Gasteiger partial charge < -0.3 is 19.9 Å².